The standard InChI is InChI=1S/C20H31N3O3/c1-22(19(24)18(21)20(25-2)9-5-6-10-20)15-16-7-3-4-8-17(16)23-11-13-26-14-12-23/h3-4,7-8,18H,5-6,9-15,21H2,1-2H3. The van der Waals surface area contributed by atoms with Crippen LogP contribution in [0.2, 0.25) is 0 Å². The summed E-state index contributed by atoms with van der Waals surface area (Å²) < 4.78 is 11.2. The van der Waals surface area contributed by atoms with Gasteiger partial charge in [-0.3, -0.25) is 4.79 Å². The number of anilines is 1. The van der Waals surface area contributed by atoms with Crippen molar-refractivity contribution in [2.24, 2.45) is 5.73 Å². The van der Waals surface area contributed by atoms with Crippen molar-refractivity contribution >= 4 is 11.6 Å². The molecule has 1 aliphatic heterocycles. The van der Waals surface area contributed by atoms with Crippen LogP contribution in [-0.4, -0.2) is 62.9 Å². The number of hydrogen-bond acceptors (Lipinski definition) is 5. The van der Waals surface area contributed by atoms with Crippen molar-refractivity contribution in [3.05, 3.63) is 29.8 Å². The second kappa shape index (κ2) is 8.37. The average molecular weight is 361 g/mol. The van der Waals surface area contributed by atoms with E-state index in [0.29, 0.717) is 6.54 Å². The molecule has 1 aliphatic carbocycles. The van der Waals surface area contributed by atoms with Gasteiger partial charge >= 0.3 is 0 Å². The van der Waals surface area contributed by atoms with Crippen molar-refractivity contribution in [1.29, 1.82) is 0 Å². The van der Waals surface area contributed by atoms with E-state index in [9.17, 15) is 4.79 Å². The Morgan fingerprint density at radius 1 is 1.31 bits per heavy atom. The number of benzene rings is 1. The van der Waals surface area contributed by atoms with Crippen molar-refractivity contribution in [3.63, 3.8) is 0 Å². The molecule has 6 nitrogen and oxygen atoms in total. The predicted molar refractivity (Wildman–Crippen MR) is 102 cm³/mol. The Bertz CT molecular complexity index is 610. The van der Waals surface area contributed by atoms with Gasteiger partial charge in [-0.1, -0.05) is 31.0 Å². The van der Waals surface area contributed by atoms with E-state index in [1.165, 1.54) is 5.69 Å². The molecule has 2 aliphatic rings. The monoisotopic (exact) mass is 361 g/mol. The number of hydrogen-bond donors (Lipinski definition) is 1. The normalized spacial score (nSPS) is 20.8. The van der Waals surface area contributed by atoms with Crippen LogP contribution in [0, 0.1) is 0 Å². The number of amides is 1. The third-order valence-corrected chi connectivity index (χ3v) is 5.82. The van der Waals surface area contributed by atoms with E-state index >= 15 is 0 Å². The lowest BCUT2D eigenvalue weighted by Crippen LogP contribution is -2.56. The molecule has 2 N–H and O–H groups in total. The van der Waals surface area contributed by atoms with Crippen LogP contribution in [0.1, 0.15) is 31.2 Å². The molecule has 2 fully saturated rings. The highest BCUT2D eigenvalue weighted by atomic mass is 16.5. The van der Waals surface area contributed by atoms with Gasteiger partial charge in [0.05, 0.1) is 18.8 Å². The number of rotatable bonds is 6. The minimum absolute atomic E-state index is 0.0504. The molecular formula is C20H31N3O3. The molecule has 1 amide bonds. The zero-order chi connectivity index (χ0) is 18.6. The van der Waals surface area contributed by atoms with E-state index in [1.54, 1.807) is 12.0 Å². The van der Waals surface area contributed by atoms with E-state index in [0.717, 1.165) is 57.6 Å². The first-order valence-electron chi connectivity index (χ1n) is 9.54. The van der Waals surface area contributed by atoms with Gasteiger partial charge in [-0.05, 0) is 24.5 Å². The van der Waals surface area contributed by atoms with E-state index in [2.05, 4.69) is 17.0 Å². The van der Waals surface area contributed by atoms with Gasteiger partial charge in [0, 0.05) is 39.5 Å². The van der Waals surface area contributed by atoms with E-state index in [1.807, 2.05) is 19.2 Å². The lowest BCUT2D eigenvalue weighted by atomic mass is 9.91. The van der Waals surface area contributed by atoms with Crippen molar-refractivity contribution in [3.8, 4) is 0 Å². The molecule has 144 valence electrons. The molecule has 3 rings (SSSR count). The number of nitrogens with two attached hydrogens (primary N) is 1. The molecule has 1 aromatic carbocycles. The SMILES string of the molecule is COC1(C(N)C(=O)N(C)Cc2ccccc2N2CCOCC2)CCCC1. The van der Waals surface area contributed by atoms with Gasteiger partial charge < -0.3 is 25.0 Å². The quantitative estimate of drug-likeness (QED) is 0.836. The first kappa shape index (κ1) is 19.1. The van der Waals surface area contributed by atoms with Crippen LogP contribution in [0.3, 0.4) is 0 Å². The highest BCUT2D eigenvalue weighted by molar-refractivity contribution is 5.83. The van der Waals surface area contributed by atoms with E-state index in [-0.39, 0.29) is 5.91 Å². The van der Waals surface area contributed by atoms with E-state index in [4.69, 9.17) is 15.2 Å². The first-order valence-corrected chi connectivity index (χ1v) is 9.54. The number of nitrogens with zero attached hydrogens (tertiary/aromatic N) is 2. The number of para-hydroxylation sites is 1. The molecule has 6 heteroatoms. The van der Waals surface area contributed by atoms with Gasteiger partial charge in [0.2, 0.25) is 5.91 Å². The number of methoxy groups -OCH3 is 1. The fourth-order valence-corrected chi connectivity index (χ4v) is 4.17. The average Bonchev–Trinajstić information content (AvgIpc) is 3.18. The molecule has 1 saturated carbocycles. The maximum atomic E-state index is 13.0. The zero-order valence-corrected chi connectivity index (χ0v) is 15.9. The summed E-state index contributed by atoms with van der Waals surface area (Å²) in [5.41, 5.74) is 8.16. The zero-order valence-electron chi connectivity index (χ0n) is 15.9. The molecule has 26 heavy (non-hydrogen) atoms. The fourth-order valence-electron chi connectivity index (χ4n) is 4.17. The third-order valence-electron chi connectivity index (χ3n) is 5.82. The van der Waals surface area contributed by atoms with Crippen molar-refractivity contribution < 1.29 is 14.3 Å². The molecule has 0 bridgehead atoms. The molecule has 1 saturated heterocycles. The predicted octanol–water partition coefficient (Wildman–Crippen LogP) is 1.77. The Kier molecular flexibility index (Phi) is 6.16. The third kappa shape index (κ3) is 3.87. The Hall–Kier alpha value is -1.63. The maximum absolute atomic E-state index is 13.0. The number of carbonyl (C=O) groups excluding carboxylic acids is 1. The molecular weight excluding hydrogens is 330 g/mol. The lowest BCUT2D eigenvalue weighted by Gasteiger charge is -2.36. The van der Waals surface area contributed by atoms with Crippen LogP contribution in [0.15, 0.2) is 24.3 Å². The fraction of sp³-hybridized carbons (Fsp3) is 0.650. The molecule has 0 spiro atoms. The molecule has 1 atom stereocenters. The second-order valence-corrected chi connectivity index (χ2v) is 7.38. The van der Waals surface area contributed by atoms with Gasteiger partial charge in [0.1, 0.15) is 6.04 Å². The van der Waals surface area contributed by atoms with Gasteiger partial charge in [-0.25, -0.2) is 0 Å². The highest BCUT2D eigenvalue weighted by Gasteiger charge is 2.44. The largest absolute Gasteiger partial charge is 0.378 e. The number of ether oxygens (including phenoxy) is 2. The molecule has 1 heterocycles. The van der Waals surface area contributed by atoms with Gasteiger partial charge in [0.15, 0.2) is 0 Å². The Labute approximate surface area is 156 Å². The topological polar surface area (TPSA) is 68.0 Å². The summed E-state index contributed by atoms with van der Waals surface area (Å²) >= 11 is 0. The van der Waals surface area contributed by atoms with Crippen LogP contribution < -0.4 is 10.6 Å². The summed E-state index contributed by atoms with van der Waals surface area (Å²) in [6.45, 7) is 3.77. The van der Waals surface area contributed by atoms with Crippen LogP contribution in [0.4, 0.5) is 5.69 Å². The minimum atomic E-state index is -0.615. The van der Waals surface area contributed by atoms with E-state index < -0.39 is 11.6 Å². The smallest absolute Gasteiger partial charge is 0.242 e. The summed E-state index contributed by atoms with van der Waals surface area (Å²) in [4.78, 5) is 17.0. The lowest BCUT2D eigenvalue weighted by molar-refractivity contribution is -0.140. The number of likely N-dealkylation sites (N-methyl/N-ethyl adjacent to an activating group) is 1. The summed E-state index contributed by atoms with van der Waals surface area (Å²) in [5, 5.41) is 0. The second-order valence-electron chi connectivity index (χ2n) is 7.38. The van der Waals surface area contributed by atoms with Crippen LogP contribution in [0.25, 0.3) is 0 Å². The summed E-state index contributed by atoms with van der Waals surface area (Å²) in [6, 6.07) is 7.65. The van der Waals surface area contributed by atoms with Crippen LogP contribution in [-0.2, 0) is 20.8 Å². The molecule has 0 radical (unpaired) electrons. The Morgan fingerprint density at radius 3 is 2.62 bits per heavy atom. The van der Waals surface area contributed by atoms with Crippen molar-refractivity contribution in [1.82, 2.24) is 4.90 Å². The number of morpholine rings is 1. The van der Waals surface area contributed by atoms with Gasteiger partial charge in [-0.15, -0.1) is 0 Å². The minimum Gasteiger partial charge on any atom is -0.378 e. The summed E-state index contributed by atoms with van der Waals surface area (Å²) in [5.74, 6) is -0.0504. The highest BCUT2D eigenvalue weighted by Crippen LogP contribution is 2.35. The molecule has 1 unspecified atom stereocenters. The Balaban J connectivity index is 1.71. The summed E-state index contributed by atoms with van der Waals surface area (Å²) in [6.07, 6.45) is 3.85. The van der Waals surface area contributed by atoms with Gasteiger partial charge in [0.25, 0.3) is 0 Å². The van der Waals surface area contributed by atoms with Crippen molar-refractivity contribution in [2.75, 3.05) is 45.4 Å². The van der Waals surface area contributed by atoms with Crippen LogP contribution >= 0.6 is 0 Å². The molecule has 0 aromatic heterocycles. The first-order chi connectivity index (χ1) is 12.6. The number of carbonyl (C=O) groups is 1. The maximum Gasteiger partial charge on any atom is 0.242 e. The molecule has 1 aromatic rings. The Morgan fingerprint density at radius 2 is 1.96 bits per heavy atom. The summed E-state index contributed by atoms with van der Waals surface area (Å²) in [7, 11) is 3.50. The van der Waals surface area contributed by atoms with Crippen LogP contribution in [0.5, 0.6) is 0 Å². The van der Waals surface area contributed by atoms with Crippen molar-refractivity contribution in [2.45, 2.75) is 43.9 Å². The van der Waals surface area contributed by atoms with Gasteiger partial charge in [-0.2, -0.15) is 0 Å².